The van der Waals surface area contributed by atoms with Gasteiger partial charge in [0, 0.05) is 5.39 Å². The first-order chi connectivity index (χ1) is 19.7. The first-order valence-corrected chi connectivity index (χ1v) is 17.0. The summed E-state index contributed by atoms with van der Waals surface area (Å²) in [5, 5.41) is 24.2. The molecule has 0 bridgehead atoms. The first kappa shape index (κ1) is 31.9. The number of benzene rings is 4. The summed E-state index contributed by atoms with van der Waals surface area (Å²) >= 11 is 0. The molecule has 0 saturated heterocycles. The third-order valence-corrected chi connectivity index (χ3v) is 9.05. The predicted molar refractivity (Wildman–Crippen MR) is 148 cm³/mol. The van der Waals surface area contributed by atoms with E-state index in [1.54, 1.807) is 0 Å². The molecule has 0 heterocycles. The number of azo groups is 2. The molecule has 21 heteroatoms. The van der Waals surface area contributed by atoms with E-state index in [0.717, 1.165) is 48.5 Å². The summed E-state index contributed by atoms with van der Waals surface area (Å²) in [5.41, 5.74) is -1.39. The van der Waals surface area contributed by atoms with Crippen LogP contribution < -0.4 is 5.30 Å². The van der Waals surface area contributed by atoms with Crippen LogP contribution in [0.4, 0.5) is 22.7 Å². The number of rotatable bonds is 8. The molecule has 4 aromatic rings. The van der Waals surface area contributed by atoms with Crippen molar-refractivity contribution in [3.8, 4) is 5.75 Å². The van der Waals surface area contributed by atoms with E-state index in [2.05, 4.69) is 20.5 Å². The second-order valence-corrected chi connectivity index (χ2v) is 14.3. The molecule has 4 rings (SSSR count). The number of nitrogens with zero attached hydrogens (tertiary/aromatic N) is 4. The Morgan fingerprint density at radius 1 is 0.628 bits per heavy atom. The molecule has 6 N–H and O–H groups in total. The molecule has 226 valence electrons. The summed E-state index contributed by atoms with van der Waals surface area (Å²) in [4.78, 5) is 15.7. The molecule has 0 unspecified atom stereocenters. The number of phenols is 1. The van der Waals surface area contributed by atoms with E-state index in [4.69, 9.17) is 0 Å². The molecule has 4 aromatic carbocycles. The topological polar surface area (TPSA) is 290 Å². The van der Waals surface area contributed by atoms with Gasteiger partial charge in [-0.2, -0.15) is 35.5 Å². The SMILES string of the molecule is O=P(O)(O)c1cccc(N=Nc2ccc(N=Nc3c(O)ccc4cc(S(=O)(=O)O)cc(S(=O)(=O)O)c34)c(S(=O)(=O)O)c2)c1. The zero-order valence-electron chi connectivity index (χ0n) is 20.9. The maximum absolute atomic E-state index is 12.1. The highest BCUT2D eigenvalue weighted by molar-refractivity contribution is 7.87. The van der Waals surface area contributed by atoms with Crippen molar-refractivity contribution in [2.24, 2.45) is 20.5 Å². The monoisotopic (exact) mass is 672 g/mol. The van der Waals surface area contributed by atoms with Crippen LogP contribution in [0.1, 0.15) is 0 Å². The Labute approximate surface area is 242 Å². The van der Waals surface area contributed by atoms with Crippen molar-refractivity contribution in [1.82, 2.24) is 0 Å². The molecular formula is C22H17N4O13PS3. The molecule has 0 amide bonds. The molecule has 0 fully saturated rings. The predicted octanol–water partition coefficient (Wildman–Crippen LogP) is 3.92. The van der Waals surface area contributed by atoms with Crippen LogP contribution in [-0.4, -0.2) is 53.8 Å². The van der Waals surface area contributed by atoms with Gasteiger partial charge in [-0.15, -0.1) is 10.2 Å². The Hall–Kier alpha value is -3.98. The third kappa shape index (κ3) is 7.33. The van der Waals surface area contributed by atoms with E-state index in [9.17, 15) is 58.4 Å². The van der Waals surface area contributed by atoms with Gasteiger partial charge in [0.1, 0.15) is 26.9 Å². The van der Waals surface area contributed by atoms with Crippen LogP contribution in [0, 0.1) is 0 Å². The van der Waals surface area contributed by atoms with Crippen molar-refractivity contribution in [1.29, 1.82) is 0 Å². The first-order valence-electron chi connectivity index (χ1n) is 11.1. The Morgan fingerprint density at radius 2 is 1.26 bits per heavy atom. The average molecular weight is 673 g/mol. The molecular weight excluding hydrogens is 655 g/mol. The maximum atomic E-state index is 12.1. The molecule has 43 heavy (non-hydrogen) atoms. The van der Waals surface area contributed by atoms with Crippen LogP contribution in [0.3, 0.4) is 0 Å². The lowest BCUT2D eigenvalue weighted by Gasteiger charge is -2.10. The smallest absolute Gasteiger partial charge is 0.356 e. The Morgan fingerprint density at radius 3 is 1.84 bits per heavy atom. The van der Waals surface area contributed by atoms with E-state index in [0.29, 0.717) is 6.07 Å². The van der Waals surface area contributed by atoms with E-state index < -0.39 is 75.1 Å². The molecule has 0 saturated carbocycles. The summed E-state index contributed by atoms with van der Waals surface area (Å²) in [7, 11) is -19.8. The fourth-order valence-corrected chi connectivity index (χ4v) is 6.22. The molecule has 0 atom stereocenters. The molecule has 0 radical (unpaired) electrons. The van der Waals surface area contributed by atoms with Crippen molar-refractivity contribution in [2.45, 2.75) is 14.7 Å². The average Bonchev–Trinajstić information content (AvgIpc) is 2.89. The van der Waals surface area contributed by atoms with Crippen molar-refractivity contribution < 1.29 is 58.4 Å². The van der Waals surface area contributed by atoms with Gasteiger partial charge in [-0.1, -0.05) is 12.1 Å². The molecule has 0 aromatic heterocycles. The molecule has 0 aliphatic carbocycles. The van der Waals surface area contributed by atoms with Crippen LogP contribution in [0.25, 0.3) is 10.8 Å². The fourth-order valence-electron chi connectivity index (χ4n) is 3.63. The zero-order valence-corrected chi connectivity index (χ0v) is 24.2. The number of aromatic hydroxyl groups is 1. The van der Waals surface area contributed by atoms with Gasteiger partial charge in [0.05, 0.1) is 21.6 Å². The highest BCUT2D eigenvalue weighted by Gasteiger charge is 2.24. The highest BCUT2D eigenvalue weighted by Crippen LogP contribution is 2.42. The van der Waals surface area contributed by atoms with Gasteiger partial charge in [-0.05, 0) is 60.0 Å². The molecule has 0 aliphatic heterocycles. The van der Waals surface area contributed by atoms with Gasteiger partial charge >= 0.3 is 7.60 Å². The minimum atomic E-state index is -5.20. The summed E-state index contributed by atoms with van der Waals surface area (Å²) in [6, 6.07) is 11.1. The summed E-state index contributed by atoms with van der Waals surface area (Å²) in [6.07, 6.45) is 0. The van der Waals surface area contributed by atoms with Crippen LogP contribution in [0.2, 0.25) is 0 Å². The summed E-state index contributed by atoms with van der Waals surface area (Å²) in [6.45, 7) is 0. The summed E-state index contributed by atoms with van der Waals surface area (Å²) < 4.78 is 112. The van der Waals surface area contributed by atoms with Crippen LogP contribution in [0.15, 0.2) is 102 Å². The van der Waals surface area contributed by atoms with Crippen LogP contribution in [0.5, 0.6) is 5.75 Å². The Kier molecular flexibility index (Phi) is 8.37. The van der Waals surface area contributed by atoms with Crippen molar-refractivity contribution in [2.75, 3.05) is 0 Å². The second kappa shape index (κ2) is 11.3. The van der Waals surface area contributed by atoms with Gasteiger partial charge in [0.15, 0.2) is 0 Å². The van der Waals surface area contributed by atoms with E-state index in [-0.39, 0.29) is 22.1 Å². The third-order valence-electron chi connectivity index (χ3n) is 5.51. The number of fused-ring (bicyclic) bond motifs is 1. The van der Waals surface area contributed by atoms with Crippen molar-refractivity contribution in [3.63, 3.8) is 0 Å². The van der Waals surface area contributed by atoms with Crippen molar-refractivity contribution >= 4 is 76.8 Å². The van der Waals surface area contributed by atoms with E-state index in [1.165, 1.54) is 12.1 Å². The largest absolute Gasteiger partial charge is 0.506 e. The molecule has 0 spiro atoms. The van der Waals surface area contributed by atoms with Gasteiger partial charge in [0.2, 0.25) is 0 Å². The minimum absolute atomic E-state index is 0.00350. The van der Waals surface area contributed by atoms with Gasteiger partial charge in [-0.3, -0.25) is 18.2 Å². The Balaban J connectivity index is 1.84. The lowest BCUT2D eigenvalue weighted by molar-refractivity contribution is 0.387. The van der Waals surface area contributed by atoms with Crippen LogP contribution in [-0.2, 0) is 34.9 Å². The quantitative estimate of drug-likeness (QED) is 0.0880. The van der Waals surface area contributed by atoms with E-state index in [1.807, 2.05) is 0 Å². The van der Waals surface area contributed by atoms with Gasteiger partial charge in [-0.25, -0.2) is 0 Å². The van der Waals surface area contributed by atoms with Crippen molar-refractivity contribution in [3.05, 3.63) is 66.7 Å². The normalized spacial score (nSPS) is 13.3. The lowest BCUT2D eigenvalue weighted by Crippen LogP contribution is -2.04. The maximum Gasteiger partial charge on any atom is 0.356 e. The molecule has 0 aliphatic rings. The number of hydrogen-bond acceptors (Lipinski definition) is 12. The van der Waals surface area contributed by atoms with E-state index >= 15 is 0 Å². The lowest BCUT2D eigenvalue weighted by atomic mass is 10.1. The standard InChI is InChI=1S/C22H17N4O13PS3/c27-18-7-4-12-8-16(41(31,32)33)11-20(43(37,38)39)21(12)22(18)26-25-17-6-5-14(10-19(17)42(34,35)36)24-23-13-2-1-3-15(9-13)40(28,29)30/h1-11,27H,(H2,28,29,30)(H,31,32,33)(H,34,35,36)(H,37,38,39). The minimum Gasteiger partial charge on any atom is -0.506 e. The van der Waals surface area contributed by atoms with Gasteiger partial charge in [0.25, 0.3) is 30.4 Å². The zero-order chi connectivity index (χ0) is 32.0. The molecule has 17 nitrogen and oxygen atoms in total. The number of phenolic OH excluding ortho intramolecular Hbond substituents is 1. The summed E-state index contributed by atoms with van der Waals surface area (Å²) in [5.74, 6) is -0.739. The Bertz CT molecular complexity index is 2230. The number of hydrogen-bond donors (Lipinski definition) is 6. The second-order valence-electron chi connectivity index (χ2n) is 8.49. The highest BCUT2D eigenvalue weighted by atomic mass is 32.2. The fraction of sp³-hybridized carbons (Fsp3) is 0. The van der Waals surface area contributed by atoms with Crippen LogP contribution >= 0.6 is 7.60 Å². The van der Waals surface area contributed by atoms with Gasteiger partial charge < -0.3 is 14.9 Å².